The second kappa shape index (κ2) is 6.80. The van der Waals surface area contributed by atoms with E-state index in [1.165, 1.54) is 26.4 Å². The van der Waals surface area contributed by atoms with Gasteiger partial charge in [-0.2, -0.15) is 0 Å². The number of methoxy groups -OCH3 is 1. The van der Waals surface area contributed by atoms with Gasteiger partial charge in [-0.1, -0.05) is 26.3 Å². The van der Waals surface area contributed by atoms with Crippen LogP contribution in [-0.2, 0) is 9.53 Å². The lowest BCUT2D eigenvalue weighted by atomic mass is 9.93. The van der Waals surface area contributed by atoms with Crippen LogP contribution in [-0.4, -0.2) is 25.7 Å². The summed E-state index contributed by atoms with van der Waals surface area (Å²) in [4.78, 5) is 11.2. The van der Waals surface area contributed by atoms with Crippen LogP contribution < -0.4 is 5.32 Å². The van der Waals surface area contributed by atoms with Crippen molar-refractivity contribution in [2.24, 2.45) is 11.8 Å². The quantitative estimate of drug-likeness (QED) is 0.592. The number of esters is 1. The minimum absolute atomic E-state index is 0.238. The molecule has 1 fully saturated rings. The Kier molecular flexibility index (Phi) is 5.69. The molecule has 1 rings (SSSR count). The van der Waals surface area contributed by atoms with E-state index >= 15 is 0 Å². The van der Waals surface area contributed by atoms with Gasteiger partial charge < -0.3 is 10.1 Å². The molecule has 3 atom stereocenters. The Balaban J connectivity index is 2.35. The molecule has 3 heteroatoms. The molecule has 0 aromatic rings. The van der Waals surface area contributed by atoms with Gasteiger partial charge in [0.2, 0.25) is 0 Å². The fourth-order valence-corrected chi connectivity index (χ4v) is 2.72. The van der Waals surface area contributed by atoms with E-state index in [1.54, 1.807) is 6.92 Å². The molecule has 17 heavy (non-hydrogen) atoms. The molecule has 0 aliphatic heterocycles. The van der Waals surface area contributed by atoms with E-state index in [4.69, 9.17) is 0 Å². The third-order valence-electron chi connectivity index (χ3n) is 4.05. The second-order valence-corrected chi connectivity index (χ2v) is 5.00. The first-order chi connectivity index (χ1) is 8.10. The summed E-state index contributed by atoms with van der Waals surface area (Å²) in [6.07, 6.45) is 5.77. The van der Waals surface area contributed by atoms with Gasteiger partial charge >= 0.3 is 5.97 Å². The minimum atomic E-state index is -0.238. The molecule has 0 bridgehead atoms. The van der Waals surface area contributed by atoms with E-state index in [0.29, 0.717) is 11.6 Å². The zero-order valence-corrected chi connectivity index (χ0v) is 11.5. The molecular formula is C14H25NO2. The average Bonchev–Trinajstić information content (AvgIpc) is 2.69. The maximum Gasteiger partial charge on any atom is 0.333 e. The van der Waals surface area contributed by atoms with Gasteiger partial charge in [-0.3, -0.25) is 0 Å². The van der Waals surface area contributed by atoms with Crippen molar-refractivity contribution < 1.29 is 9.53 Å². The van der Waals surface area contributed by atoms with Gasteiger partial charge in [-0.15, -0.1) is 0 Å². The maximum atomic E-state index is 11.2. The summed E-state index contributed by atoms with van der Waals surface area (Å²) in [6.45, 7) is 7.15. The highest BCUT2D eigenvalue weighted by Crippen LogP contribution is 2.33. The molecule has 0 radical (unpaired) electrons. The van der Waals surface area contributed by atoms with E-state index in [2.05, 4.69) is 23.9 Å². The normalized spacial score (nSPS) is 29.4. The van der Waals surface area contributed by atoms with Crippen molar-refractivity contribution in [2.45, 2.75) is 46.1 Å². The predicted molar refractivity (Wildman–Crippen MR) is 69.7 cm³/mol. The van der Waals surface area contributed by atoms with E-state index in [9.17, 15) is 4.79 Å². The van der Waals surface area contributed by atoms with Crippen molar-refractivity contribution in [1.29, 1.82) is 0 Å². The Bertz CT molecular complexity index is 286. The standard InChI is InChI=1S/C14H25NO2/c1-5-12-6-7-13(11(12)3)15-9-8-10(2)14(16)17-4/h8,11-13,15H,5-7,9H2,1-4H3/b10-8-. The summed E-state index contributed by atoms with van der Waals surface area (Å²) in [5, 5.41) is 3.52. The van der Waals surface area contributed by atoms with Crippen molar-refractivity contribution in [3.8, 4) is 0 Å². The maximum absolute atomic E-state index is 11.2. The molecule has 0 aromatic heterocycles. The molecular weight excluding hydrogens is 214 g/mol. The van der Waals surface area contributed by atoms with Gasteiger partial charge in [-0.25, -0.2) is 4.79 Å². The fourth-order valence-electron chi connectivity index (χ4n) is 2.72. The number of hydrogen-bond donors (Lipinski definition) is 1. The minimum Gasteiger partial charge on any atom is -0.466 e. The van der Waals surface area contributed by atoms with Gasteiger partial charge in [0.05, 0.1) is 7.11 Å². The summed E-state index contributed by atoms with van der Waals surface area (Å²) >= 11 is 0. The zero-order valence-electron chi connectivity index (χ0n) is 11.5. The van der Waals surface area contributed by atoms with Crippen LogP contribution in [0.5, 0.6) is 0 Å². The summed E-state index contributed by atoms with van der Waals surface area (Å²) in [6, 6.07) is 0.599. The number of carbonyl (C=O) groups is 1. The molecule has 0 heterocycles. The van der Waals surface area contributed by atoms with Crippen LogP contribution in [0.15, 0.2) is 11.6 Å². The monoisotopic (exact) mass is 239 g/mol. The summed E-state index contributed by atoms with van der Waals surface area (Å²) in [5.74, 6) is 1.36. The van der Waals surface area contributed by atoms with Crippen molar-refractivity contribution in [3.63, 3.8) is 0 Å². The molecule has 0 spiro atoms. The molecule has 1 saturated carbocycles. The lowest BCUT2D eigenvalue weighted by Gasteiger charge is -2.20. The van der Waals surface area contributed by atoms with Crippen LogP contribution in [0, 0.1) is 11.8 Å². The van der Waals surface area contributed by atoms with Crippen LogP contribution in [0.2, 0.25) is 0 Å². The predicted octanol–water partition coefficient (Wildman–Crippen LogP) is 2.52. The van der Waals surface area contributed by atoms with Gasteiger partial charge in [0.25, 0.3) is 0 Å². The Labute approximate surface area is 105 Å². The Hall–Kier alpha value is -0.830. The first kappa shape index (κ1) is 14.2. The smallest absolute Gasteiger partial charge is 0.333 e. The Morgan fingerprint density at radius 3 is 2.71 bits per heavy atom. The molecule has 0 saturated heterocycles. The molecule has 1 aliphatic rings. The molecule has 3 nitrogen and oxygen atoms in total. The van der Waals surface area contributed by atoms with E-state index in [-0.39, 0.29) is 5.97 Å². The topological polar surface area (TPSA) is 38.3 Å². The van der Waals surface area contributed by atoms with Crippen LogP contribution >= 0.6 is 0 Å². The number of hydrogen-bond acceptors (Lipinski definition) is 3. The number of carbonyl (C=O) groups excluding carboxylic acids is 1. The highest BCUT2D eigenvalue weighted by Gasteiger charge is 2.30. The molecule has 98 valence electrons. The van der Waals surface area contributed by atoms with Crippen LogP contribution in [0.3, 0.4) is 0 Å². The van der Waals surface area contributed by atoms with E-state index in [0.717, 1.165) is 18.4 Å². The third kappa shape index (κ3) is 3.84. The van der Waals surface area contributed by atoms with Crippen molar-refractivity contribution >= 4 is 5.97 Å². The highest BCUT2D eigenvalue weighted by atomic mass is 16.5. The van der Waals surface area contributed by atoms with Crippen LogP contribution in [0.4, 0.5) is 0 Å². The Morgan fingerprint density at radius 2 is 2.18 bits per heavy atom. The largest absolute Gasteiger partial charge is 0.466 e. The van der Waals surface area contributed by atoms with Gasteiger partial charge in [0.1, 0.15) is 0 Å². The SMILES string of the molecule is CCC1CCC(NC/C=C(/C)C(=O)OC)C1C. The van der Waals surface area contributed by atoms with Crippen molar-refractivity contribution in [2.75, 3.05) is 13.7 Å². The molecule has 3 unspecified atom stereocenters. The molecule has 1 aliphatic carbocycles. The van der Waals surface area contributed by atoms with Crippen LogP contribution in [0.25, 0.3) is 0 Å². The van der Waals surface area contributed by atoms with Crippen molar-refractivity contribution in [3.05, 3.63) is 11.6 Å². The summed E-state index contributed by atoms with van der Waals surface area (Å²) in [7, 11) is 1.41. The first-order valence-corrected chi connectivity index (χ1v) is 6.58. The van der Waals surface area contributed by atoms with E-state index < -0.39 is 0 Å². The summed E-state index contributed by atoms with van der Waals surface area (Å²) < 4.78 is 4.66. The summed E-state index contributed by atoms with van der Waals surface area (Å²) in [5.41, 5.74) is 0.678. The van der Waals surface area contributed by atoms with Gasteiger partial charge in [-0.05, 0) is 31.6 Å². The van der Waals surface area contributed by atoms with Crippen LogP contribution in [0.1, 0.15) is 40.0 Å². The molecule has 0 aromatic carbocycles. The van der Waals surface area contributed by atoms with Gasteiger partial charge in [0.15, 0.2) is 0 Å². The highest BCUT2D eigenvalue weighted by molar-refractivity contribution is 5.87. The number of rotatable bonds is 5. The fraction of sp³-hybridized carbons (Fsp3) is 0.786. The lowest BCUT2D eigenvalue weighted by Crippen LogP contribution is -2.33. The average molecular weight is 239 g/mol. The van der Waals surface area contributed by atoms with Crippen molar-refractivity contribution in [1.82, 2.24) is 5.32 Å². The van der Waals surface area contributed by atoms with Gasteiger partial charge in [0, 0.05) is 18.2 Å². The van der Waals surface area contributed by atoms with E-state index in [1.807, 2.05) is 6.08 Å². The first-order valence-electron chi connectivity index (χ1n) is 6.58. The number of nitrogens with one attached hydrogen (secondary N) is 1. The lowest BCUT2D eigenvalue weighted by molar-refractivity contribution is -0.136. The zero-order chi connectivity index (χ0) is 12.8. The Morgan fingerprint density at radius 1 is 1.47 bits per heavy atom. The molecule has 1 N–H and O–H groups in total. The third-order valence-corrected chi connectivity index (χ3v) is 4.05. The second-order valence-electron chi connectivity index (χ2n) is 5.00. The molecule has 0 amide bonds. The number of ether oxygens (including phenoxy) is 1.